The summed E-state index contributed by atoms with van der Waals surface area (Å²) >= 11 is 0. The first-order chi connectivity index (χ1) is 12.8. The molecule has 1 aliphatic heterocycles. The van der Waals surface area contributed by atoms with Gasteiger partial charge in [0.2, 0.25) is 0 Å². The van der Waals surface area contributed by atoms with Crippen LogP contribution in [0.5, 0.6) is 0 Å². The average Bonchev–Trinajstić information content (AvgIpc) is 3.01. The van der Waals surface area contributed by atoms with Crippen molar-refractivity contribution in [1.82, 2.24) is 4.57 Å². The maximum atomic E-state index is 13.3. The lowest BCUT2D eigenvalue weighted by Gasteiger charge is -2.18. The molecule has 130 valence electrons. The van der Waals surface area contributed by atoms with Gasteiger partial charge in [-0.3, -0.25) is 9.36 Å². The molecule has 1 aliphatic rings. The van der Waals surface area contributed by atoms with Crippen molar-refractivity contribution >= 4 is 10.8 Å². The Hall–Kier alpha value is -2.83. The third kappa shape index (κ3) is 2.46. The van der Waals surface area contributed by atoms with Gasteiger partial charge >= 0.3 is 0 Å². The number of pyridine rings is 1. The molecule has 3 nitrogen and oxygen atoms in total. The largest absolute Gasteiger partial charge is 0.341 e. The standard InChI is InChI=1S/C23H21NO2/c1-3-5-10-17-16-11-6-8-13-19(16)22(25)24-21(17)18-12-7-9-14-20(18)23(24)26-15-4-2/h2,6-9,11-14,23H,3,5,10,15H2,1H3. The van der Waals surface area contributed by atoms with E-state index >= 15 is 0 Å². The first-order valence-electron chi connectivity index (χ1n) is 9.08. The molecule has 0 aliphatic carbocycles. The van der Waals surface area contributed by atoms with Gasteiger partial charge < -0.3 is 4.74 Å². The number of aryl methyl sites for hydroxylation is 1. The Morgan fingerprint density at radius 1 is 1.12 bits per heavy atom. The van der Waals surface area contributed by atoms with Crippen LogP contribution in [-0.4, -0.2) is 11.2 Å². The molecule has 0 spiro atoms. The van der Waals surface area contributed by atoms with Gasteiger partial charge in [-0.2, -0.15) is 0 Å². The van der Waals surface area contributed by atoms with Crippen LogP contribution in [-0.2, 0) is 11.2 Å². The summed E-state index contributed by atoms with van der Waals surface area (Å²) in [6, 6.07) is 16.0. The SMILES string of the molecule is C#CCOC1c2ccccc2-c2c(CCCC)c3ccccc3c(=O)n21. The smallest absolute Gasteiger partial charge is 0.261 e. The molecule has 2 heterocycles. The number of unbranched alkanes of at least 4 members (excludes halogenated alkanes) is 1. The summed E-state index contributed by atoms with van der Waals surface area (Å²) in [4.78, 5) is 13.3. The molecular formula is C23H21NO2. The molecule has 1 aromatic heterocycles. The summed E-state index contributed by atoms with van der Waals surface area (Å²) in [6.45, 7) is 2.35. The second-order valence-electron chi connectivity index (χ2n) is 6.61. The minimum Gasteiger partial charge on any atom is -0.341 e. The van der Waals surface area contributed by atoms with E-state index in [0.717, 1.165) is 46.9 Å². The molecule has 0 radical (unpaired) electrons. The van der Waals surface area contributed by atoms with Gasteiger partial charge in [0.25, 0.3) is 5.56 Å². The van der Waals surface area contributed by atoms with Crippen molar-refractivity contribution in [3.63, 3.8) is 0 Å². The van der Waals surface area contributed by atoms with E-state index in [0.29, 0.717) is 0 Å². The quantitative estimate of drug-likeness (QED) is 0.638. The van der Waals surface area contributed by atoms with Crippen LogP contribution in [0.3, 0.4) is 0 Å². The topological polar surface area (TPSA) is 31.2 Å². The molecule has 0 fully saturated rings. The number of hydrogen-bond acceptors (Lipinski definition) is 2. The lowest BCUT2D eigenvalue weighted by atomic mass is 9.95. The van der Waals surface area contributed by atoms with Crippen LogP contribution in [0.15, 0.2) is 53.3 Å². The molecular weight excluding hydrogens is 322 g/mol. The molecule has 3 aromatic rings. The summed E-state index contributed by atoms with van der Waals surface area (Å²) in [7, 11) is 0. The monoisotopic (exact) mass is 343 g/mol. The van der Waals surface area contributed by atoms with E-state index in [2.05, 4.69) is 25.0 Å². The molecule has 4 rings (SSSR count). The Morgan fingerprint density at radius 3 is 2.62 bits per heavy atom. The number of fused-ring (bicyclic) bond motifs is 4. The summed E-state index contributed by atoms with van der Waals surface area (Å²) < 4.78 is 7.72. The second kappa shape index (κ2) is 6.82. The van der Waals surface area contributed by atoms with Gasteiger partial charge in [-0.25, -0.2) is 0 Å². The van der Waals surface area contributed by atoms with Gasteiger partial charge in [0.1, 0.15) is 6.61 Å². The van der Waals surface area contributed by atoms with E-state index in [-0.39, 0.29) is 12.2 Å². The molecule has 0 N–H and O–H groups in total. The summed E-state index contributed by atoms with van der Waals surface area (Å²) in [5.74, 6) is 2.52. The van der Waals surface area contributed by atoms with E-state index in [1.165, 1.54) is 5.56 Å². The first kappa shape index (κ1) is 16.6. The molecule has 2 aromatic carbocycles. The van der Waals surface area contributed by atoms with Crippen molar-refractivity contribution < 1.29 is 4.74 Å². The van der Waals surface area contributed by atoms with Crippen molar-refractivity contribution in [1.29, 1.82) is 0 Å². The Balaban J connectivity index is 2.08. The highest BCUT2D eigenvalue weighted by Gasteiger charge is 2.33. The van der Waals surface area contributed by atoms with Crippen molar-refractivity contribution in [2.24, 2.45) is 0 Å². The van der Waals surface area contributed by atoms with E-state index < -0.39 is 6.23 Å². The second-order valence-corrected chi connectivity index (χ2v) is 6.61. The van der Waals surface area contributed by atoms with E-state index in [1.54, 1.807) is 4.57 Å². The Bertz CT molecular complexity index is 1070. The van der Waals surface area contributed by atoms with Gasteiger partial charge in [-0.05, 0) is 29.9 Å². The Morgan fingerprint density at radius 2 is 1.85 bits per heavy atom. The minimum atomic E-state index is -0.463. The number of rotatable bonds is 5. The van der Waals surface area contributed by atoms with E-state index in [9.17, 15) is 4.79 Å². The van der Waals surface area contributed by atoms with Crippen LogP contribution >= 0.6 is 0 Å². The first-order valence-corrected chi connectivity index (χ1v) is 9.08. The van der Waals surface area contributed by atoms with E-state index in [4.69, 9.17) is 11.2 Å². The van der Waals surface area contributed by atoms with Gasteiger partial charge in [0.15, 0.2) is 6.23 Å². The molecule has 1 atom stereocenters. The van der Waals surface area contributed by atoms with Crippen LogP contribution in [0.2, 0.25) is 0 Å². The fourth-order valence-corrected chi connectivity index (χ4v) is 3.92. The van der Waals surface area contributed by atoms with Gasteiger partial charge in [-0.15, -0.1) is 6.42 Å². The molecule has 0 saturated carbocycles. The zero-order chi connectivity index (χ0) is 18.1. The predicted molar refractivity (Wildman–Crippen MR) is 105 cm³/mol. The van der Waals surface area contributed by atoms with Crippen molar-refractivity contribution in [2.45, 2.75) is 32.4 Å². The third-order valence-corrected chi connectivity index (χ3v) is 5.05. The minimum absolute atomic E-state index is 0.0194. The van der Waals surface area contributed by atoms with Gasteiger partial charge in [0, 0.05) is 16.5 Å². The van der Waals surface area contributed by atoms with Gasteiger partial charge in [0.05, 0.1) is 5.69 Å². The molecule has 3 heteroatoms. The lowest BCUT2D eigenvalue weighted by Crippen LogP contribution is -2.26. The maximum Gasteiger partial charge on any atom is 0.261 e. The fourth-order valence-electron chi connectivity index (χ4n) is 3.92. The lowest BCUT2D eigenvalue weighted by molar-refractivity contribution is 0.0591. The number of benzene rings is 2. The average molecular weight is 343 g/mol. The number of ether oxygens (including phenoxy) is 1. The molecule has 1 unspecified atom stereocenters. The van der Waals surface area contributed by atoms with Crippen molar-refractivity contribution in [3.05, 3.63) is 70.0 Å². The normalized spacial score (nSPS) is 14.8. The van der Waals surface area contributed by atoms with Crippen molar-refractivity contribution in [2.75, 3.05) is 6.61 Å². The molecule has 0 bridgehead atoms. The van der Waals surface area contributed by atoms with Crippen molar-refractivity contribution in [3.8, 4) is 23.6 Å². The van der Waals surface area contributed by atoms with Crippen LogP contribution in [0.4, 0.5) is 0 Å². The Kier molecular flexibility index (Phi) is 4.36. The summed E-state index contributed by atoms with van der Waals surface area (Å²) in [5.41, 5.74) is 4.27. The Labute approximate surface area is 153 Å². The van der Waals surface area contributed by atoms with Crippen LogP contribution in [0.1, 0.15) is 37.1 Å². The highest BCUT2D eigenvalue weighted by Crippen LogP contribution is 2.42. The van der Waals surface area contributed by atoms with Gasteiger partial charge in [-0.1, -0.05) is 61.7 Å². The number of aromatic nitrogens is 1. The third-order valence-electron chi connectivity index (χ3n) is 5.05. The fraction of sp³-hybridized carbons (Fsp3) is 0.261. The highest BCUT2D eigenvalue weighted by atomic mass is 16.5. The molecule has 0 saturated heterocycles. The number of terminal acetylenes is 1. The number of hydrogen-bond donors (Lipinski definition) is 0. The molecule has 26 heavy (non-hydrogen) atoms. The zero-order valence-electron chi connectivity index (χ0n) is 14.9. The van der Waals surface area contributed by atoms with Crippen LogP contribution in [0, 0.1) is 12.3 Å². The summed E-state index contributed by atoms with van der Waals surface area (Å²) in [5, 5.41) is 1.79. The predicted octanol–water partition coefficient (Wildman–Crippen LogP) is 4.52. The van der Waals surface area contributed by atoms with Crippen LogP contribution < -0.4 is 5.56 Å². The van der Waals surface area contributed by atoms with Crippen LogP contribution in [0.25, 0.3) is 22.0 Å². The highest BCUT2D eigenvalue weighted by molar-refractivity contribution is 5.91. The zero-order valence-corrected chi connectivity index (χ0v) is 14.9. The van der Waals surface area contributed by atoms with E-state index in [1.807, 2.05) is 36.4 Å². The summed E-state index contributed by atoms with van der Waals surface area (Å²) in [6.07, 6.45) is 8.06. The molecule has 0 amide bonds. The maximum absolute atomic E-state index is 13.3. The number of nitrogens with zero attached hydrogens (tertiary/aromatic N) is 1.